The van der Waals surface area contributed by atoms with E-state index in [0.717, 1.165) is 11.3 Å². The van der Waals surface area contributed by atoms with E-state index in [-0.39, 0.29) is 28.7 Å². The van der Waals surface area contributed by atoms with Crippen LogP contribution in [0.4, 0.5) is 15.8 Å². The zero-order valence-corrected chi connectivity index (χ0v) is 15.9. The quantitative estimate of drug-likeness (QED) is 0.758. The molecule has 1 aliphatic rings. The highest BCUT2D eigenvalue weighted by atomic mass is 35.5. The summed E-state index contributed by atoms with van der Waals surface area (Å²) in [7, 11) is 0. The second kappa shape index (κ2) is 8.53. The van der Waals surface area contributed by atoms with Gasteiger partial charge in [-0.15, -0.1) is 0 Å². The number of hydrogen-bond acceptors (Lipinski definition) is 2. The van der Waals surface area contributed by atoms with Crippen molar-refractivity contribution in [1.82, 2.24) is 0 Å². The average molecular weight is 389 g/mol. The molecule has 2 aromatic carbocycles. The Bertz CT molecular complexity index is 831. The molecule has 1 aliphatic carbocycles. The second-order valence-corrected chi connectivity index (χ2v) is 7.43. The van der Waals surface area contributed by atoms with Crippen LogP contribution in [0.1, 0.15) is 31.2 Å². The summed E-state index contributed by atoms with van der Waals surface area (Å²) >= 11 is 5.74. The van der Waals surface area contributed by atoms with Crippen molar-refractivity contribution in [3.63, 3.8) is 0 Å². The predicted molar refractivity (Wildman–Crippen MR) is 105 cm³/mol. The minimum Gasteiger partial charge on any atom is -0.326 e. The van der Waals surface area contributed by atoms with Gasteiger partial charge in [0.25, 0.3) is 0 Å². The van der Waals surface area contributed by atoms with Gasteiger partial charge in [-0.2, -0.15) is 0 Å². The van der Waals surface area contributed by atoms with Crippen molar-refractivity contribution >= 4 is 34.8 Å². The Morgan fingerprint density at radius 1 is 0.889 bits per heavy atom. The molecule has 0 aliphatic heterocycles. The molecule has 0 saturated heterocycles. The molecule has 0 bridgehead atoms. The highest BCUT2D eigenvalue weighted by Crippen LogP contribution is 2.31. The maximum absolute atomic E-state index is 13.2. The number of amides is 2. The second-order valence-electron chi connectivity index (χ2n) is 7.02. The van der Waals surface area contributed by atoms with E-state index in [1.54, 1.807) is 0 Å². The molecule has 142 valence electrons. The maximum atomic E-state index is 13.2. The smallest absolute Gasteiger partial charge is 0.227 e. The van der Waals surface area contributed by atoms with Crippen molar-refractivity contribution in [3.05, 3.63) is 58.9 Å². The van der Waals surface area contributed by atoms with E-state index in [2.05, 4.69) is 10.6 Å². The number of carbonyl (C=O) groups is 2. The molecule has 0 aromatic heterocycles. The summed E-state index contributed by atoms with van der Waals surface area (Å²) in [5.41, 5.74) is 2.41. The van der Waals surface area contributed by atoms with Crippen molar-refractivity contribution < 1.29 is 14.0 Å². The Kier molecular flexibility index (Phi) is 6.11. The van der Waals surface area contributed by atoms with Gasteiger partial charge < -0.3 is 10.6 Å². The van der Waals surface area contributed by atoms with Crippen LogP contribution in [-0.2, 0) is 9.59 Å². The fraction of sp³-hybridized carbons (Fsp3) is 0.333. The Labute approximate surface area is 163 Å². The number of benzene rings is 2. The van der Waals surface area contributed by atoms with Gasteiger partial charge in [0.15, 0.2) is 0 Å². The fourth-order valence-electron chi connectivity index (χ4n) is 3.32. The lowest BCUT2D eigenvalue weighted by atomic mass is 9.81. The van der Waals surface area contributed by atoms with E-state index in [4.69, 9.17) is 11.6 Å². The minimum absolute atomic E-state index is 0.00280. The van der Waals surface area contributed by atoms with Crippen LogP contribution in [0.2, 0.25) is 5.02 Å². The molecule has 1 fully saturated rings. The van der Waals surface area contributed by atoms with Crippen molar-refractivity contribution in [2.75, 3.05) is 10.6 Å². The van der Waals surface area contributed by atoms with Gasteiger partial charge in [0.1, 0.15) is 5.82 Å². The lowest BCUT2D eigenvalue weighted by Gasteiger charge is -2.27. The number of nitrogens with one attached hydrogen (secondary N) is 2. The third kappa shape index (κ3) is 5.07. The minimum atomic E-state index is -0.519. The van der Waals surface area contributed by atoms with Gasteiger partial charge in [-0.3, -0.25) is 9.59 Å². The summed E-state index contributed by atoms with van der Waals surface area (Å²) in [6.07, 6.45) is 2.62. The molecule has 0 atom stereocenters. The van der Waals surface area contributed by atoms with E-state index in [0.29, 0.717) is 31.4 Å². The monoisotopic (exact) mass is 388 g/mol. The van der Waals surface area contributed by atoms with E-state index in [9.17, 15) is 14.0 Å². The molecule has 3 rings (SSSR count). The molecule has 4 nitrogen and oxygen atoms in total. The van der Waals surface area contributed by atoms with Crippen LogP contribution in [0, 0.1) is 24.6 Å². The predicted octanol–water partition coefficient (Wildman–Crippen LogP) is 5.17. The first-order chi connectivity index (χ1) is 12.9. The Balaban J connectivity index is 1.50. The Morgan fingerprint density at radius 3 is 1.89 bits per heavy atom. The lowest BCUT2D eigenvalue weighted by Crippen LogP contribution is -2.32. The summed E-state index contributed by atoms with van der Waals surface area (Å²) < 4.78 is 13.2. The van der Waals surface area contributed by atoms with Gasteiger partial charge in [-0.1, -0.05) is 29.3 Å². The van der Waals surface area contributed by atoms with Gasteiger partial charge in [0.05, 0.1) is 5.02 Å². The fourth-order valence-corrected chi connectivity index (χ4v) is 3.50. The first kappa shape index (κ1) is 19.4. The summed E-state index contributed by atoms with van der Waals surface area (Å²) in [5.74, 6) is -0.874. The molecule has 6 heteroatoms. The Morgan fingerprint density at radius 2 is 1.37 bits per heavy atom. The largest absolute Gasteiger partial charge is 0.326 e. The first-order valence-corrected chi connectivity index (χ1v) is 9.43. The molecular formula is C21H22ClFN2O2. The van der Waals surface area contributed by atoms with E-state index in [1.807, 2.05) is 31.2 Å². The van der Waals surface area contributed by atoms with Gasteiger partial charge in [0.2, 0.25) is 11.8 Å². The zero-order valence-electron chi connectivity index (χ0n) is 15.1. The molecule has 2 aromatic rings. The van der Waals surface area contributed by atoms with Gasteiger partial charge in [-0.05, 0) is 62.9 Å². The number of hydrogen-bond donors (Lipinski definition) is 2. The molecule has 0 radical (unpaired) electrons. The summed E-state index contributed by atoms with van der Waals surface area (Å²) in [6.45, 7) is 2.00. The summed E-state index contributed by atoms with van der Waals surface area (Å²) in [6, 6.07) is 11.8. The summed E-state index contributed by atoms with van der Waals surface area (Å²) in [4.78, 5) is 24.8. The van der Waals surface area contributed by atoms with Crippen LogP contribution in [0.25, 0.3) is 0 Å². The normalized spacial score (nSPS) is 19.4. The topological polar surface area (TPSA) is 58.2 Å². The number of anilines is 2. The van der Waals surface area contributed by atoms with Crippen molar-refractivity contribution in [2.24, 2.45) is 11.8 Å². The Hall–Kier alpha value is -2.40. The molecule has 0 spiro atoms. The van der Waals surface area contributed by atoms with E-state index < -0.39 is 5.82 Å². The average Bonchev–Trinajstić information content (AvgIpc) is 2.66. The number of rotatable bonds is 4. The standard InChI is InChI=1S/C21H22ClFN2O2/c1-13-2-8-16(9-3-13)24-20(26)14-4-6-15(7-5-14)21(27)25-17-10-11-19(23)18(22)12-17/h2-3,8-12,14-15H,4-7H2,1H3,(H,24,26)(H,25,27). The molecule has 2 N–H and O–H groups in total. The van der Waals surface area contributed by atoms with E-state index >= 15 is 0 Å². The highest BCUT2D eigenvalue weighted by Gasteiger charge is 2.30. The van der Waals surface area contributed by atoms with Crippen LogP contribution >= 0.6 is 11.6 Å². The van der Waals surface area contributed by atoms with Crippen LogP contribution in [0.15, 0.2) is 42.5 Å². The number of aryl methyl sites for hydroxylation is 1. The molecule has 27 heavy (non-hydrogen) atoms. The van der Waals surface area contributed by atoms with E-state index in [1.165, 1.54) is 18.2 Å². The van der Waals surface area contributed by atoms with Crippen molar-refractivity contribution in [2.45, 2.75) is 32.6 Å². The molecule has 0 unspecified atom stereocenters. The zero-order chi connectivity index (χ0) is 19.4. The lowest BCUT2D eigenvalue weighted by molar-refractivity contribution is -0.125. The molecule has 0 heterocycles. The third-order valence-electron chi connectivity index (χ3n) is 4.98. The van der Waals surface area contributed by atoms with Gasteiger partial charge in [-0.25, -0.2) is 4.39 Å². The maximum Gasteiger partial charge on any atom is 0.227 e. The van der Waals surface area contributed by atoms with Gasteiger partial charge in [0, 0.05) is 23.2 Å². The SMILES string of the molecule is Cc1ccc(NC(=O)C2CCC(C(=O)Nc3ccc(F)c(Cl)c3)CC2)cc1. The number of carbonyl (C=O) groups excluding carboxylic acids is 2. The highest BCUT2D eigenvalue weighted by molar-refractivity contribution is 6.31. The van der Waals surface area contributed by atoms with Crippen LogP contribution in [-0.4, -0.2) is 11.8 Å². The molecular weight excluding hydrogens is 367 g/mol. The first-order valence-electron chi connectivity index (χ1n) is 9.06. The molecule has 2 amide bonds. The molecule has 1 saturated carbocycles. The van der Waals surface area contributed by atoms with Crippen LogP contribution in [0.5, 0.6) is 0 Å². The summed E-state index contributed by atoms with van der Waals surface area (Å²) in [5, 5.41) is 5.70. The third-order valence-corrected chi connectivity index (χ3v) is 5.26. The number of halogens is 2. The van der Waals surface area contributed by atoms with Crippen LogP contribution in [0.3, 0.4) is 0 Å². The van der Waals surface area contributed by atoms with Crippen LogP contribution < -0.4 is 10.6 Å². The van der Waals surface area contributed by atoms with Crippen molar-refractivity contribution in [3.8, 4) is 0 Å². The van der Waals surface area contributed by atoms with Gasteiger partial charge >= 0.3 is 0 Å². The van der Waals surface area contributed by atoms with Crippen molar-refractivity contribution in [1.29, 1.82) is 0 Å².